The molecule has 5 rings (SSSR count). The van der Waals surface area contributed by atoms with E-state index in [-0.39, 0.29) is 51.8 Å². The van der Waals surface area contributed by atoms with E-state index in [4.69, 9.17) is 4.18 Å². The SMILES string of the molecule is Cc1ccc(S(=O)(=O)Oc2ccccc2N2C(=O)[C@H]3[C@H]4CC[C@@H](C4)[C@@H]3C2=O)cc1. The molecule has 1 heterocycles. The molecular weight excluding hydrogens is 390 g/mol. The summed E-state index contributed by atoms with van der Waals surface area (Å²) in [7, 11) is -4.09. The summed E-state index contributed by atoms with van der Waals surface area (Å²) in [5.41, 5.74) is 1.13. The number of benzene rings is 2. The highest BCUT2D eigenvalue weighted by Crippen LogP contribution is 2.57. The first kappa shape index (κ1) is 18.4. The van der Waals surface area contributed by atoms with Crippen molar-refractivity contribution in [3.05, 3.63) is 54.1 Å². The number of anilines is 1. The van der Waals surface area contributed by atoms with Crippen molar-refractivity contribution in [1.29, 1.82) is 0 Å². The summed E-state index contributed by atoms with van der Waals surface area (Å²) in [5, 5.41) is 0. The predicted octanol–water partition coefficient (Wildman–Crippen LogP) is 3.30. The average molecular weight is 411 g/mol. The summed E-state index contributed by atoms with van der Waals surface area (Å²) in [6.07, 6.45) is 2.91. The molecule has 2 bridgehead atoms. The van der Waals surface area contributed by atoms with Crippen LogP contribution < -0.4 is 9.08 Å². The topological polar surface area (TPSA) is 80.8 Å². The molecule has 2 aliphatic carbocycles. The zero-order valence-corrected chi connectivity index (χ0v) is 16.8. The van der Waals surface area contributed by atoms with Gasteiger partial charge >= 0.3 is 10.1 Å². The molecule has 6 nitrogen and oxygen atoms in total. The fraction of sp³-hybridized carbons (Fsp3) is 0.364. The maximum atomic E-state index is 13.1. The maximum Gasteiger partial charge on any atom is 0.339 e. The van der Waals surface area contributed by atoms with Gasteiger partial charge in [-0.05, 0) is 62.3 Å². The molecule has 0 unspecified atom stereocenters. The van der Waals surface area contributed by atoms with Crippen molar-refractivity contribution in [1.82, 2.24) is 0 Å². The largest absolute Gasteiger partial charge is 0.377 e. The Morgan fingerprint density at radius 1 is 0.897 bits per heavy atom. The van der Waals surface area contributed by atoms with Crippen LogP contribution in [0, 0.1) is 30.6 Å². The van der Waals surface area contributed by atoms with Crippen molar-refractivity contribution in [3.8, 4) is 5.75 Å². The fourth-order valence-corrected chi connectivity index (χ4v) is 6.17. The zero-order valence-electron chi connectivity index (χ0n) is 15.9. The molecule has 0 spiro atoms. The third-order valence-electron chi connectivity index (χ3n) is 6.54. The Labute approximate surface area is 169 Å². The molecule has 1 aliphatic heterocycles. The molecule has 2 aromatic rings. The van der Waals surface area contributed by atoms with Crippen molar-refractivity contribution < 1.29 is 22.2 Å². The van der Waals surface area contributed by atoms with Crippen LogP contribution in [0.5, 0.6) is 5.75 Å². The lowest BCUT2D eigenvalue weighted by atomic mass is 9.81. The number of hydrogen-bond donors (Lipinski definition) is 0. The smallest absolute Gasteiger partial charge is 0.339 e. The summed E-state index contributed by atoms with van der Waals surface area (Å²) in [4.78, 5) is 27.4. The number of imide groups is 1. The van der Waals surface area contributed by atoms with Gasteiger partial charge in [-0.25, -0.2) is 4.90 Å². The Balaban J connectivity index is 1.50. The molecule has 3 fully saturated rings. The minimum Gasteiger partial charge on any atom is -0.377 e. The van der Waals surface area contributed by atoms with Crippen LogP contribution in [-0.2, 0) is 19.7 Å². The minimum atomic E-state index is -4.09. The maximum absolute atomic E-state index is 13.1. The number of nitrogens with zero attached hydrogens (tertiary/aromatic N) is 1. The van der Waals surface area contributed by atoms with Crippen LogP contribution in [0.25, 0.3) is 0 Å². The Morgan fingerprint density at radius 2 is 1.48 bits per heavy atom. The second kappa shape index (κ2) is 6.42. The zero-order chi connectivity index (χ0) is 20.3. The van der Waals surface area contributed by atoms with Gasteiger partial charge in [-0.15, -0.1) is 0 Å². The van der Waals surface area contributed by atoms with Gasteiger partial charge in [0.1, 0.15) is 4.90 Å². The molecule has 7 heteroatoms. The van der Waals surface area contributed by atoms with Gasteiger partial charge in [0.2, 0.25) is 11.8 Å². The van der Waals surface area contributed by atoms with Crippen molar-refractivity contribution >= 4 is 27.6 Å². The highest BCUT2D eigenvalue weighted by Gasteiger charge is 2.61. The van der Waals surface area contributed by atoms with Crippen LogP contribution in [0.1, 0.15) is 24.8 Å². The van der Waals surface area contributed by atoms with E-state index in [1.54, 1.807) is 30.3 Å². The number of amides is 2. The Morgan fingerprint density at radius 3 is 2.10 bits per heavy atom. The monoisotopic (exact) mass is 411 g/mol. The van der Waals surface area contributed by atoms with Gasteiger partial charge in [0.15, 0.2) is 5.75 Å². The first-order valence-corrected chi connectivity index (χ1v) is 11.3. The van der Waals surface area contributed by atoms with E-state index in [0.29, 0.717) is 0 Å². The highest BCUT2D eigenvalue weighted by atomic mass is 32.2. The molecule has 0 radical (unpaired) electrons. The first-order valence-electron chi connectivity index (χ1n) is 9.85. The molecule has 2 amide bonds. The van der Waals surface area contributed by atoms with Gasteiger partial charge in [-0.1, -0.05) is 29.8 Å². The first-order chi connectivity index (χ1) is 13.9. The molecule has 2 saturated carbocycles. The number of aryl methyl sites for hydroxylation is 1. The summed E-state index contributed by atoms with van der Waals surface area (Å²) in [5.74, 6) is -0.494. The Bertz CT molecular complexity index is 1080. The number of hydrogen-bond acceptors (Lipinski definition) is 5. The summed E-state index contributed by atoms with van der Waals surface area (Å²) < 4.78 is 30.9. The third kappa shape index (κ3) is 2.79. The molecule has 2 aromatic carbocycles. The van der Waals surface area contributed by atoms with Crippen LogP contribution in [0.3, 0.4) is 0 Å². The Hall–Kier alpha value is -2.67. The molecule has 150 valence electrons. The molecule has 4 atom stereocenters. The van der Waals surface area contributed by atoms with Crippen molar-refractivity contribution in [2.24, 2.45) is 23.7 Å². The normalized spacial score (nSPS) is 28.1. The van der Waals surface area contributed by atoms with Crippen LogP contribution in [0.4, 0.5) is 5.69 Å². The van der Waals surface area contributed by atoms with Crippen molar-refractivity contribution in [2.45, 2.75) is 31.1 Å². The summed E-state index contributed by atoms with van der Waals surface area (Å²) in [6, 6.07) is 12.7. The highest BCUT2D eigenvalue weighted by molar-refractivity contribution is 7.87. The average Bonchev–Trinajstić information content (AvgIpc) is 3.37. The molecule has 0 N–H and O–H groups in total. The van der Waals surface area contributed by atoms with Gasteiger partial charge in [0.25, 0.3) is 0 Å². The lowest BCUT2D eigenvalue weighted by Crippen LogP contribution is -2.33. The van der Waals surface area contributed by atoms with Crippen LogP contribution >= 0.6 is 0 Å². The quantitative estimate of drug-likeness (QED) is 0.570. The fourth-order valence-electron chi connectivity index (χ4n) is 5.23. The van der Waals surface area contributed by atoms with E-state index in [0.717, 1.165) is 29.7 Å². The summed E-state index contributed by atoms with van der Waals surface area (Å²) >= 11 is 0. The number of carbonyl (C=O) groups is 2. The Kier molecular flexibility index (Phi) is 4.07. The van der Waals surface area contributed by atoms with E-state index in [2.05, 4.69) is 0 Å². The van der Waals surface area contributed by atoms with Crippen molar-refractivity contribution in [3.63, 3.8) is 0 Å². The standard InChI is InChI=1S/C22H21NO5S/c1-13-6-10-16(11-7-13)29(26,27)28-18-5-3-2-4-17(18)23-21(24)19-14-8-9-15(12-14)20(19)22(23)25/h2-7,10-11,14-15,19-20H,8-9,12H2,1H3/t14-,15-,19-,20-/m0/s1. The third-order valence-corrected chi connectivity index (χ3v) is 7.79. The lowest BCUT2D eigenvalue weighted by Gasteiger charge is -2.20. The number of fused-ring (bicyclic) bond motifs is 5. The second-order valence-corrected chi connectivity index (χ2v) is 9.76. The van der Waals surface area contributed by atoms with E-state index in [1.807, 2.05) is 6.92 Å². The van der Waals surface area contributed by atoms with Crippen LogP contribution in [-0.4, -0.2) is 20.2 Å². The number of rotatable bonds is 4. The van der Waals surface area contributed by atoms with Gasteiger partial charge in [0, 0.05) is 0 Å². The van der Waals surface area contributed by atoms with E-state index >= 15 is 0 Å². The van der Waals surface area contributed by atoms with Crippen LogP contribution in [0.15, 0.2) is 53.4 Å². The van der Waals surface area contributed by atoms with Crippen molar-refractivity contribution in [2.75, 3.05) is 4.90 Å². The second-order valence-electron chi connectivity index (χ2n) is 8.21. The molecule has 29 heavy (non-hydrogen) atoms. The van der Waals surface area contributed by atoms with Gasteiger partial charge in [-0.3, -0.25) is 9.59 Å². The molecular formula is C22H21NO5S. The molecule has 1 saturated heterocycles. The van der Waals surface area contributed by atoms with Gasteiger partial charge in [0.05, 0.1) is 17.5 Å². The van der Waals surface area contributed by atoms with E-state index < -0.39 is 10.1 Å². The number of carbonyl (C=O) groups excluding carboxylic acids is 2. The lowest BCUT2D eigenvalue weighted by molar-refractivity contribution is -0.123. The predicted molar refractivity (Wildman–Crippen MR) is 106 cm³/mol. The van der Waals surface area contributed by atoms with Crippen LogP contribution in [0.2, 0.25) is 0 Å². The van der Waals surface area contributed by atoms with Gasteiger partial charge in [-0.2, -0.15) is 8.42 Å². The van der Waals surface area contributed by atoms with E-state index in [1.165, 1.54) is 18.2 Å². The van der Waals surface area contributed by atoms with E-state index in [9.17, 15) is 18.0 Å². The minimum absolute atomic E-state index is 0.0119. The molecule has 3 aliphatic rings. The number of para-hydroxylation sites is 2. The van der Waals surface area contributed by atoms with Gasteiger partial charge < -0.3 is 4.18 Å². The summed E-state index contributed by atoms with van der Waals surface area (Å²) in [6.45, 7) is 1.86. The molecule has 0 aromatic heterocycles.